The van der Waals surface area contributed by atoms with Crippen LogP contribution in [0.4, 0.5) is 0 Å². The molecule has 1 aliphatic heterocycles. The topological polar surface area (TPSA) is 64.0 Å². The van der Waals surface area contributed by atoms with Crippen LogP contribution in [-0.4, -0.2) is 59.1 Å². The van der Waals surface area contributed by atoms with E-state index in [4.69, 9.17) is 0 Å². The third-order valence-corrected chi connectivity index (χ3v) is 5.45. The molecule has 132 valence electrons. The summed E-state index contributed by atoms with van der Waals surface area (Å²) in [6.45, 7) is 3.09. The Morgan fingerprint density at radius 3 is 2.36 bits per heavy atom. The molecule has 1 saturated heterocycles. The van der Waals surface area contributed by atoms with Crippen LogP contribution >= 0.6 is 15.9 Å². The third kappa shape index (κ3) is 3.80. The van der Waals surface area contributed by atoms with Gasteiger partial charge in [0.2, 0.25) is 5.91 Å². The minimum Gasteiger partial charge on any atom is -0.507 e. The molecule has 3 rings (SSSR count). The number of halogens is 1. The lowest BCUT2D eigenvalue weighted by Gasteiger charge is -2.32. The molecule has 2 aromatic carbocycles. The number of hydrogen-bond donors (Lipinski definition) is 2. The lowest BCUT2D eigenvalue weighted by atomic mass is 9.95. The van der Waals surface area contributed by atoms with Gasteiger partial charge in [-0.3, -0.25) is 4.79 Å². The molecule has 0 atom stereocenters. The molecule has 0 radical (unpaired) electrons. The molecule has 0 unspecified atom stereocenters. The minimum absolute atomic E-state index is 0.00372. The Bertz CT molecular complexity index is 772. The highest BCUT2D eigenvalue weighted by atomic mass is 79.9. The first-order valence-corrected chi connectivity index (χ1v) is 9.01. The predicted octanol–water partition coefficient (Wildman–Crippen LogP) is 2.84. The van der Waals surface area contributed by atoms with Crippen LogP contribution in [0.3, 0.4) is 0 Å². The molecule has 0 saturated carbocycles. The zero-order valence-corrected chi connectivity index (χ0v) is 15.7. The van der Waals surface area contributed by atoms with Crippen molar-refractivity contribution >= 4 is 21.8 Å². The molecule has 0 spiro atoms. The second-order valence-electron chi connectivity index (χ2n) is 6.31. The highest BCUT2D eigenvalue weighted by Gasteiger charge is 2.24. The molecular weight excluding hydrogens is 384 g/mol. The molecule has 5 nitrogen and oxygen atoms in total. The Labute approximate surface area is 155 Å². The van der Waals surface area contributed by atoms with E-state index in [2.05, 4.69) is 20.8 Å². The van der Waals surface area contributed by atoms with Crippen molar-refractivity contribution in [1.82, 2.24) is 9.80 Å². The maximum Gasteiger partial charge on any atom is 0.227 e. The SMILES string of the molecule is CN1CCN(C(=O)Cc2c(Br)c(O)cc(O)c2-c2ccccc2)CC1. The average Bonchev–Trinajstić information content (AvgIpc) is 2.60. The van der Waals surface area contributed by atoms with E-state index >= 15 is 0 Å². The number of aromatic hydroxyl groups is 2. The summed E-state index contributed by atoms with van der Waals surface area (Å²) in [7, 11) is 2.04. The van der Waals surface area contributed by atoms with Crippen molar-refractivity contribution in [3.63, 3.8) is 0 Å². The predicted molar refractivity (Wildman–Crippen MR) is 101 cm³/mol. The van der Waals surface area contributed by atoms with E-state index in [1.54, 1.807) is 0 Å². The van der Waals surface area contributed by atoms with Gasteiger partial charge in [-0.25, -0.2) is 0 Å². The van der Waals surface area contributed by atoms with Gasteiger partial charge in [-0.15, -0.1) is 0 Å². The number of phenols is 2. The summed E-state index contributed by atoms with van der Waals surface area (Å²) in [5.74, 6) is -0.109. The largest absolute Gasteiger partial charge is 0.507 e. The fourth-order valence-corrected chi connectivity index (χ4v) is 3.55. The van der Waals surface area contributed by atoms with Crippen molar-refractivity contribution in [2.45, 2.75) is 6.42 Å². The molecule has 6 heteroatoms. The smallest absolute Gasteiger partial charge is 0.227 e. The third-order valence-electron chi connectivity index (χ3n) is 4.57. The lowest BCUT2D eigenvalue weighted by Crippen LogP contribution is -2.47. The number of amides is 1. The van der Waals surface area contributed by atoms with Crippen LogP contribution in [0.25, 0.3) is 11.1 Å². The molecule has 2 aromatic rings. The molecule has 1 amide bonds. The summed E-state index contributed by atoms with van der Waals surface area (Å²) in [5, 5.41) is 20.5. The Kier molecular flexibility index (Phi) is 5.30. The first-order valence-electron chi connectivity index (χ1n) is 8.22. The molecule has 2 N–H and O–H groups in total. The molecular formula is C19H21BrN2O3. The van der Waals surface area contributed by atoms with Gasteiger partial charge < -0.3 is 20.0 Å². The van der Waals surface area contributed by atoms with Crippen LogP contribution < -0.4 is 0 Å². The van der Waals surface area contributed by atoms with Gasteiger partial charge in [-0.2, -0.15) is 0 Å². The Balaban J connectivity index is 1.96. The Morgan fingerprint density at radius 2 is 1.72 bits per heavy atom. The van der Waals surface area contributed by atoms with Crippen molar-refractivity contribution in [1.29, 1.82) is 0 Å². The Hall–Kier alpha value is -2.05. The standard InChI is InChI=1S/C19H21BrN2O3/c1-21-7-9-22(10-8-21)17(25)11-14-18(13-5-3-2-4-6-13)15(23)12-16(24)19(14)20/h2-6,12,23-24H,7-11H2,1H3. The van der Waals surface area contributed by atoms with E-state index < -0.39 is 0 Å². The van der Waals surface area contributed by atoms with Crippen molar-refractivity contribution in [3.8, 4) is 22.6 Å². The molecule has 1 aliphatic rings. The summed E-state index contributed by atoms with van der Waals surface area (Å²) in [6.07, 6.45) is 0.122. The number of likely N-dealkylation sites (N-methyl/N-ethyl adjacent to an activating group) is 1. The van der Waals surface area contributed by atoms with Gasteiger partial charge in [-0.1, -0.05) is 30.3 Å². The second-order valence-corrected chi connectivity index (χ2v) is 7.10. The van der Waals surface area contributed by atoms with Gasteiger partial charge in [0.15, 0.2) is 0 Å². The van der Waals surface area contributed by atoms with Crippen LogP contribution in [0.1, 0.15) is 5.56 Å². The number of benzene rings is 2. The lowest BCUT2D eigenvalue weighted by molar-refractivity contribution is -0.132. The van der Waals surface area contributed by atoms with Crippen LogP contribution in [0.2, 0.25) is 0 Å². The maximum atomic E-state index is 12.8. The van der Waals surface area contributed by atoms with E-state index in [0.29, 0.717) is 28.7 Å². The molecule has 0 bridgehead atoms. The highest BCUT2D eigenvalue weighted by molar-refractivity contribution is 9.10. The summed E-state index contributed by atoms with van der Waals surface area (Å²) < 4.78 is 0.451. The normalized spacial score (nSPS) is 15.4. The fraction of sp³-hybridized carbons (Fsp3) is 0.316. The van der Waals surface area contributed by atoms with E-state index in [1.165, 1.54) is 6.07 Å². The van der Waals surface area contributed by atoms with E-state index in [-0.39, 0.29) is 23.8 Å². The first kappa shape index (κ1) is 17.8. The van der Waals surface area contributed by atoms with Crippen molar-refractivity contribution < 1.29 is 15.0 Å². The van der Waals surface area contributed by atoms with Crippen LogP contribution in [0, 0.1) is 0 Å². The van der Waals surface area contributed by atoms with Crippen LogP contribution in [0.15, 0.2) is 40.9 Å². The number of carbonyl (C=O) groups excluding carboxylic acids is 1. The number of phenolic OH excluding ortho intramolecular Hbond substituents is 2. The second kappa shape index (κ2) is 7.45. The zero-order chi connectivity index (χ0) is 18.0. The monoisotopic (exact) mass is 404 g/mol. The number of rotatable bonds is 3. The van der Waals surface area contributed by atoms with Crippen LogP contribution in [0.5, 0.6) is 11.5 Å². The number of piperazine rings is 1. The van der Waals surface area contributed by atoms with Gasteiger partial charge in [0, 0.05) is 37.8 Å². The molecule has 1 fully saturated rings. The number of hydrogen-bond acceptors (Lipinski definition) is 4. The highest BCUT2D eigenvalue weighted by Crippen LogP contribution is 2.42. The van der Waals surface area contributed by atoms with Gasteiger partial charge >= 0.3 is 0 Å². The molecule has 0 aromatic heterocycles. The van der Waals surface area contributed by atoms with Gasteiger partial charge in [0.25, 0.3) is 0 Å². The van der Waals surface area contributed by atoms with Crippen LogP contribution in [-0.2, 0) is 11.2 Å². The molecule has 1 heterocycles. The van der Waals surface area contributed by atoms with Gasteiger partial charge in [0.1, 0.15) is 11.5 Å². The molecule has 25 heavy (non-hydrogen) atoms. The summed E-state index contributed by atoms with van der Waals surface area (Å²) in [6, 6.07) is 10.7. The summed E-state index contributed by atoms with van der Waals surface area (Å²) >= 11 is 3.38. The van der Waals surface area contributed by atoms with Gasteiger partial charge in [-0.05, 0) is 34.1 Å². The van der Waals surface area contributed by atoms with Crippen molar-refractivity contribution in [2.24, 2.45) is 0 Å². The maximum absolute atomic E-state index is 12.8. The summed E-state index contributed by atoms with van der Waals surface area (Å²) in [4.78, 5) is 16.8. The van der Waals surface area contributed by atoms with E-state index in [9.17, 15) is 15.0 Å². The average molecular weight is 405 g/mol. The van der Waals surface area contributed by atoms with E-state index in [0.717, 1.165) is 18.7 Å². The fourth-order valence-electron chi connectivity index (χ4n) is 3.10. The van der Waals surface area contributed by atoms with Gasteiger partial charge in [0.05, 0.1) is 10.9 Å². The van der Waals surface area contributed by atoms with E-state index in [1.807, 2.05) is 42.3 Å². The quantitative estimate of drug-likeness (QED) is 0.825. The zero-order valence-electron chi connectivity index (χ0n) is 14.1. The first-order chi connectivity index (χ1) is 12.0. The Morgan fingerprint density at radius 1 is 1.08 bits per heavy atom. The minimum atomic E-state index is -0.0710. The van der Waals surface area contributed by atoms with Crippen molar-refractivity contribution in [3.05, 3.63) is 46.4 Å². The molecule has 0 aliphatic carbocycles. The number of carbonyl (C=O) groups is 1. The van der Waals surface area contributed by atoms with Crippen molar-refractivity contribution in [2.75, 3.05) is 33.2 Å². The number of nitrogens with zero attached hydrogens (tertiary/aromatic N) is 2. The summed E-state index contributed by atoms with van der Waals surface area (Å²) in [5.41, 5.74) is 1.99.